The van der Waals surface area contributed by atoms with Crippen LogP contribution in [0.1, 0.15) is 26.0 Å². The van der Waals surface area contributed by atoms with Gasteiger partial charge in [-0.2, -0.15) is 9.82 Å². The fraction of sp³-hybridized carbons (Fsp3) is 0.636. The van der Waals surface area contributed by atoms with Gasteiger partial charge in [0, 0.05) is 7.05 Å². The molecule has 1 heterocycles. The third-order valence-electron chi connectivity index (χ3n) is 2.78. The summed E-state index contributed by atoms with van der Waals surface area (Å²) in [6.07, 6.45) is 1.44. The van der Waals surface area contributed by atoms with Crippen molar-refractivity contribution in [2.45, 2.75) is 38.1 Å². The number of hydrogen-bond acceptors (Lipinski definition) is 4. The number of aryl methyl sites for hydroxylation is 1. The van der Waals surface area contributed by atoms with Crippen molar-refractivity contribution in [3.05, 3.63) is 11.9 Å². The van der Waals surface area contributed by atoms with Gasteiger partial charge in [0.1, 0.15) is 10.9 Å². The summed E-state index contributed by atoms with van der Waals surface area (Å²) in [6.45, 7) is 5.28. The number of aromatic nitrogens is 2. The Hall–Kier alpha value is -1.41. The molecule has 1 aromatic heterocycles. The van der Waals surface area contributed by atoms with Gasteiger partial charge in [-0.3, -0.25) is 9.48 Å². The maximum absolute atomic E-state index is 12.1. The van der Waals surface area contributed by atoms with E-state index in [4.69, 9.17) is 5.11 Å². The molecular weight excluding hydrogens is 270 g/mol. The van der Waals surface area contributed by atoms with Gasteiger partial charge in [-0.25, -0.2) is 8.42 Å². The number of carboxylic acids is 1. The van der Waals surface area contributed by atoms with E-state index in [0.29, 0.717) is 5.69 Å². The molecule has 0 aliphatic heterocycles. The van der Waals surface area contributed by atoms with Crippen LogP contribution >= 0.6 is 0 Å². The molecule has 0 bridgehead atoms. The number of carboxylic acid groups (broad SMARTS) is 1. The summed E-state index contributed by atoms with van der Waals surface area (Å²) < 4.78 is 27.9. The van der Waals surface area contributed by atoms with Crippen LogP contribution in [-0.4, -0.2) is 35.3 Å². The molecule has 0 saturated carbocycles. The van der Waals surface area contributed by atoms with E-state index < -0.39 is 22.0 Å². The summed E-state index contributed by atoms with van der Waals surface area (Å²) in [5.74, 6) is -1.11. The summed E-state index contributed by atoms with van der Waals surface area (Å²) in [4.78, 5) is 11.1. The van der Waals surface area contributed by atoms with Crippen LogP contribution < -0.4 is 4.72 Å². The van der Waals surface area contributed by atoms with Crippen LogP contribution in [0.15, 0.2) is 11.1 Å². The highest BCUT2D eigenvalue weighted by molar-refractivity contribution is 7.89. The minimum atomic E-state index is -3.87. The Morgan fingerprint density at radius 1 is 1.53 bits per heavy atom. The van der Waals surface area contributed by atoms with E-state index in [1.165, 1.54) is 10.9 Å². The average Bonchev–Trinajstić information content (AvgIpc) is 2.58. The summed E-state index contributed by atoms with van der Waals surface area (Å²) in [5.41, 5.74) is 0.459. The molecular formula is C11H19N3O4S. The Labute approximate surface area is 112 Å². The number of nitrogens with zero attached hydrogens (tertiary/aromatic N) is 2. The van der Waals surface area contributed by atoms with Crippen LogP contribution in [0.4, 0.5) is 0 Å². The van der Waals surface area contributed by atoms with Crippen molar-refractivity contribution < 1.29 is 18.3 Å². The molecule has 1 atom stereocenters. The lowest BCUT2D eigenvalue weighted by Gasteiger charge is -2.16. The molecule has 0 aliphatic rings. The molecule has 2 N–H and O–H groups in total. The highest BCUT2D eigenvalue weighted by Crippen LogP contribution is 2.15. The Kier molecular flexibility index (Phi) is 4.70. The van der Waals surface area contributed by atoms with Crippen molar-refractivity contribution in [3.63, 3.8) is 0 Å². The topological polar surface area (TPSA) is 101 Å². The summed E-state index contributed by atoms with van der Waals surface area (Å²) in [5, 5.41) is 12.9. The van der Waals surface area contributed by atoms with E-state index in [0.717, 1.165) is 0 Å². The van der Waals surface area contributed by atoms with E-state index in [-0.39, 0.29) is 17.2 Å². The first-order valence-corrected chi connectivity index (χ1v) is 7.37. The first-order chi connectivity index (χ1) is 8.65. The number of carbonyl (C=O) groups is 1. The van der Waals surface area contributed by atoms with Crippen LogP contribution in [0.5, 0.6) is 0 Å². The molecule has 0 fully saturated rings. The number of nitrogens with one attached hydrogen (secondary N) is 1. The first kappa shape index (κ1) is 15.6. The lowest BCUT2D eigenvalue weighted by atomic mass is 10.1. The molecule has 0 saturated heterocycles. The van der Waals surface area contributed by atoms with E-state index in [1.54, 1.807) is 14.0 Å². The van der Waals surface area contributed by atoms with Crippen LogP contribution in [0.3, 0.4) is 0 Å². The van der Waals surface area contributed by atoms with Crippen molar-refractivity contribution >= 4 is 16.0 Å². The molecule has 0 unspecified atom stereocenters. The van der Waals surface area contributed by atoms with Crippen molar-refractivity contribution in [2.24, 2.45) is 13.0 Å². The Morgan fingerprint density at radius 2 is 2.11 bits per heavy atom. The summed E-state index contributed by atoms with van der Waals surface area (Å²) in [6, 6.07) is -1.13. The average molecular weight is 289 g/mol. The van der Waals surface area contributed by atoms with Gasteiger partial charge in [0.25, 0.3) is 0 Å². The van der Waals surface area contributed by atoms with Crippen molar-refractivity contribution in [1.82, 2.24) is 14.5 Å². The third kappa shape index (κ3) is 3.77. The smallest absolute Gasteiger partial charge is 0.321 e. The predicted octanol–water partition coefficient (Wildman–Crippen LogP) is 0.506. The normalized spacial score (nSPS) is 13.7. The van der Waals surface area contributed by atoms with Gasteiger partial charge in [-0.05, 0) is 19.3 Å². The van der Waals surface area contributed by atoms with Crippen LogP contribution in [0.2, 0.25) is 0 Å². The zero-order valence-corrected chi connectivity index (χ0v) is 12.2. The Morgan fingerprint density at radius 3 is 2.47 bits per heavy atom. The van der Waals surface area contributed by atoms with Crippen LogP contribution in [-0.2, 0) is 21.9 Å². The van der Waals surface area contributed by atoms with E-state index in [2.05, 4.69) is 9.82 Å². The van der Waals surface area contributed by atoms with Gasteiger partial charge in [0.15, 0.2) is 0 Å². The zero-order chi connectivity index (χ0) is 14.8. The van der Waals surface area contributed by atoms with Crippen LogP contribution in [0.25, 0.3) is 0 Å². The number of hydrogen-bond donors (Lipinski definition) is 2. The fourth-order valence-corrected chi connectivity index (χ4v) is 3.07. The fourth-order valence-electron chi connectivity index (χ4n) is 1.66. The molecule has 0 radical (unpaired) electrons. The number of sulfonamides is 1. The minimum absolute atomic E-state index is 0.00464. The Bertz CT molecular complexity index is 562. The molecule has 0 amide bonds. The largest absolute Gasteiger partial charge is 0.480 e. The predicted molar refractivity (Wildman–Crippen MR) is 69.1 cm³/mol. The maximum Gasteiger partial charge on any atom is 0.321 e. The minimum Gasteiger partial charge on any atom is -0.480 e. The monoisotopic (exact) mass is 289 g/mol. The summed E-state index contributed by atoms with van der Waals surface area (Å²) in [7, 11) is -2.25. The van der Waals surface area contributed by atoms with E-state index >= 15 is 0 Å². The molecule has 8 heteroatoms. The second-order valence-corrected chi connectivity index (χ2v) is 6.54. The van der Waals surface area contributed by atoms with Crippen molar-refractivity contribution in [1.29, 1.82) is 0 Å². The second kappa shape index (κ2) is 5.70. The maximum atomic E-state index is 12.1. The highest BCUT2D eigenvalue weighted by Gasteiger charge is 2.28. The van der Waals surface area contributed by atoms with Crippen molar-refractivity contribution in [3.8, 4) is 0 Å². The lowest BCUT2D eigenvalue weighted by Crippen LogP contribution is -2.41. The zero-order valence-electron chi connectivity index (χ0n) is 11.4. The third-order valence-corrected chi connectivity index (χ3v) is 4.36. The molecule has 0 aromatic carbocycles. The van der Waals surface area contributed by atoms with E-state index in [9.17, 15) is 13.2 Å². The van der Waals surface area contributed by atoms with Gasteiger partial charge in [-0.1, -0.05) is 13.8 Å². The number of aliphatic carboxylic acids is 1. The van der Waals surface area contributed by atoms with E-state index in [1.807, 2.05) is 13.8 Å². The molecule has 1 aromatic rings. The van der Waals surface area contributed by atoms with Gasteiger partial charge >= 0.3 is 5.97 Å². The van der Waals surface area contributed by atoms with Gasteiger partial charge < -0.3 is 5.11 Å². The standard InChI is InChI=1S/C11H19N3O4S/c1-7(2)5-9(11(15)16)13-19(17,18)10-6-12-14(4)8(10)3/h6-7,9,13H,5H2,1-4H3,(H,15,16)/t9-/m1/s1. The van der Waals surface area contributed by atoms with Gasteiger partial charge in [0.2, 0.25) is 10.0 Å². The van der Waals surface area contributed by atoms with Gasteiger partial charge in [0.05, 0.1) is 11.9 Å². The molecule has 19 heavy (non-hydrogen) atoms. The van der Waals surface area contributed by atoms with Crippen molar-refractivity contribution in [2.75, 3.05) is 0 Å². The summed E-state index contributed by atoms with van der Waals surface area (Å²) >= 11 is 0. The molecule has 7 nitrogen and oxygen atoms in total. The quantitative estimate of drug-likeness (QED) is 0.794. The molecule has 1 rings (SSSR count). The van der Waals surface area contributed by atoms with Crippen LogP contribution in [0, 0.1) is 12.8 Å². The SMILES string of the molecule is Cc1c(S(=O)(=O)N[C@H](CC(C)C)C(=O)O)cnn1C. The number of rotatable bonds is 6. The Balaban J connectivity index is 3.01. The molecule has 0 spiro atoms. The molecule has 0 aliphatic carbocycles. The lowest BCUT2D eigenvalue weighted by molar-refractivity contribution is -0.139. The highest BCUT2D eigenvalue weighted by atomic mass is 32.2. The second-order valence-electron chi connectivity index (χ2n) is 4.86. The molecule has 108 valence electrons. The van der Waals surface area contributed by atoms with Gasteiger partial charge in [-0.15, -0.1) is 0 Å². The first-order valence-electron chi connectivity index (χ1n) is 5.89.